The Balaban J connectivity index is 2.14. The van der Waals surface area contributed by atoms with Gasteiger partial charge in [0, 0.05) is 19.3 Å². The summed E-state index contributed by atoms with van der Waals surface area (Å²) < 4.78 is 1.69. The van der Waals surface area contributed by atoms with Crippen molar-refractivity contribution in [2.45, 2.75) is 13.5 Å². The van der Waals surface area contributed by atoms with E-state index in [1.54, 1.807) is 23.3 Å². The fourth-order valence-electron chi connectivity index (χ4n) is 1.15. The second kappa shape index (κ2) is 3.82. The predicted octanol–water partition coefficient (Wildman–Crippen LogP) is 1.17. The first kappa shape index (κ1) is 9.85. The second-order valence-corrected chi connectivity index (χ2v) is 4.26. The number of aromatic nitrogens is 3. The van der Waals surface area contributed by atoms with Crippen molar-refractivity contribution in [1.29, 1.82) is 0 Å². The molecule has 2 aromatic rings. The third-order valence-electron chi connectivity index (χ3n) is 1.85. The standard InChI is InChI=1S/C9H10N4OS/c1-6(14)8-3-11-9(15-8)5-13-4-7(10)2-12-13/h2-4H,5,10H2,1H3. The van der Waals surface area contributed by atoms with Crippen LogP contribution < -0.4 is 5.73 Å². The van der Waals surface area contributed by atoms with Crippen molar-refractivity contribution in [3.63, 3.8) is 0 Å². The van der Waals surface area contributed by atoms with Crippen LogP contribution in [0.1, 0.15) is 21.6 Å². The molecule has 0 saturated carbocycles. The van der Waals surface area contributed by atoms with Crippen LogP contribution in [-0.4, -0.2) is 20.5 Å². The van der Waals surface area contributed by atoms with Crippen molar-refractivity contribution in [1.82, 2.24) is 14.8 Å². The lowest BCUT2D eigenvalue weighted by Crippen LogP contribution is -1.98. The summed E-state index contributed by atoms with van der Waals surface area (Å²) in [5.74, 6) is 0.0405. The van der Waals surface area contributed by atoms with Gasteiger partial charge in [0.2, 0.25) is 0 Å². The second-order valence-electron chi connectivity index (χ2n) is 3.15. The Morgan fingerprint density at radius 3 is 2.93 bits per heavy atom. The molecule has 0 aliphatic carbocycles. The lowest BCUT2D eigenvalue weighted by molar-refractivity contribution is 0.102. The SMILES string of the molecule is CC(=O)c1cnc(Cn2cc(N)cn2)s1. The Kier molecular flexibility index (Phi) is 2.51. The Labute approximate surface area is 90.6 Å². The van der Waals surface area contributed by atoms with Crippen molar-refractivity contribution in [2.24, 2.45) is 0 Å². The molecule has 0 fully saturated rings. The molecule has 15 heavy (non-hydrogen) atoms. The molecule has 0 radical (unpaired) electrons. The topological polar surface area (TPSA) is 73.8 Å². The first-order valence-electron chi connectivity index (χ1n) is 4.39. The number of rotatable bonds is 3. The van der Waals surface area contributed by atoms with Gasteiger partial charge in [0.15, 0.2) is 5.78 Å². The predicted molar refractivity (Wildman–Crippen MR) is 57.9 cm³/mol. The molecule has 0 atom stereocenters. The maximum absolute atomic E-state index is 11.0. The number of hydrogen-bond donors (Lipinski definition) is 1. The summed E-state index contributed by atoms with van der Waals surface area (Å²) in [6.45, 7) is 2.08. The Bertz CT molecular complexity index is 488. The lowest BCUT2D eigenvalue weighted by atomic mass is 10.4. The Morgan fingerprint density at radius 2 is 2.40 bits per heavy atom. The van der Waals surface area contributed by atoms with Crippen LogP contribution >= 0.6 is 11.3 Å². The molecule has 0 aliphatic heterocycles. The number of anilines is 1. The molecule has 5 nitrogen and oxygen atoms in total. The molecule has 6 heteroatoms. The fraction of sp³-hybridized carbons (Fsp3) is 0.222. The highest BCUT2D eigenvalue weighted by molar-refractivity contribution is 7.13. The Hall–Kier alpha value is -1.69. The van der Waals surface area contributed by atoms with E-state index in [0.717, 1.165) is 5.01 Å². The maximum atomic E-state index is 11.0. The molecular weight excluding hydrogens is 212 g/mol. The normalized spacial score (nSPS) is 10.5. The molecule has 0 saturated heterocycles. The number of carbonyl (C=O) groups is 1. The van der Waals surface area contributed by atoms with Crippen LogP contribution in [0.2, 0.25) is 0 Å². The molecule has 2 heterocycles. The van der Waals surface area contributed by atoms with Crippen molar-refractivity contribution in [3.05, 3.63) is 28.5 Å². The van der Waals surface area contributed by atoms with Crippen LogP contribution in [0.25, 0.3) is 0 Å². The maximum Gasteiger partial charge on any atom is 0.171 e. The molecule has 0 spiro atoms. The van der Waals surface area contributed by atoms with Gasteiger partial charge < -0.3 is 5.73 Å². The van der Waals surface area contributed by atoms with E-state index in [4.69, 9.17) is 5.73 Å². The summed E-state index contributed by atoms with van der Waals surface area (Å²) in [6, 6.07) is 0. The zero-order chi connectivity index (χ0) is 10.8. The number of hydrogen-bond acceptors (Lipinski definition) is 5. The largest absolute Gasteiger partial charge is 0.396 e. The summed E-state index contributed by atoms with van der Waals surface area (Å²) in [7, 11) is 0. The highest BCUT2D eigenvalue weighted by atomic mass is 32.1. The number of ketones is 1. The van der Waals surface area contributed by atoms with E-state index < -0.39 is 0 Å². The van der Waals surface area contributed by atoms with Crippen molar-refractivity contribution in [2.75, 3.05) is 5.73 Å². The summed E-state index contributed by atoms with van der Waals surface area (Å²) in [6.07, 6.45) is 4.91. The van der Waals surface area contributed by atoms with E-state index in [2.05, 4.69) is 10.1 Å². The first-order chi connectivity index (χ1) is 7.15. The van der Waals surface area contributed by atoms with Gasteiger partial charge in [0.1, 0.15) is 5.01 Å². The third kappa shape index (κ3) is 2.21. The Morgan fingerprint density at radius 1 is 1.60 bits per heavy atom. The average Bonchev–Trinajstić information content (AvgIpc) is 2.76. The third-order valence-corrected chi connectivity index (χ3v) is 2.93. The van der Waals surface area contributed by atoms with Crippen molar-refractivity contribution >= 4 is 22.8 Å². The van der Waals surface area contributed by atoms with E-state index in [1.807, 2.05) is 0 Å². The lowest BCUT2D eigenvalue weighted by Gasteiger charge is -1.95. The summed E-state index contributed by atoms with van der Waals surface area (Å²) in [4.78, 5) is 15.9. The minimum atomic E-state index is 0.0405. The van der Waals surface area contributed by atoms with E-state index in [1.165, 1.54) is 18.3 Å². The van der Waals surface area contributed by atoms with Gasteiger partial charge in [-0.2, -0.15) is 5.10 Å². The first-order valence-corrected chi connectivity index (χ1v) is 5.20. The van der Waals surface area contributed by atoms with Gasteiger partial charge in [-0.05, 0) is 0 Å². The molecular formula is C9H10N4OS. The van der Waals surface area contributed by atoms with E-state index in [9.17, 15) is 4.79 Å². The van der Waals surface area contributed by atoms with Gasteiger partial charge >= 0.3 is 0 Å². The van der Waals surface area contributed by atoms with Crippen LogP contribution in [0.4, 0.5) is 5.69 Å². The van der Waals surface area contributed by atoms with Gasteiger partial charge in [0.25, 0.3) is 0 Å². The van der Waals surface area contributed by atoms with E-state index >= 15 is 0 Å². The quantitative estimate of drug-likeness (QED) is 0.791. The van der Waals surface area contributed by atoms with Gasteiger partial charge in [-0.15, -0.1) is 11.3 Å². The number of Topliss-reactive ketones (excluding diaryl/α,β-unsaturated/α-hetero) is 1. The molecule has 0 amide bonds. The van der Waals surface area contributed by atoms with E-state index in [-0.39, 0.29) is 5.78 Å². The van der Waals surface area contributed by atoms with E-state index in [0.29, 0.717) is 17.1 Å². The van der Waals surface area contributed by atoms with Crippen LogP contribution in [0.15, 0.2) is 18.6 Å². The van der Waals surface area contributed by atoms with Gasteiger partial charge in [-0.25, -0.2) is 4.98 Å². The summed E-state index contributed by atoms with van der Waals surface area (Å²) >= 11 is 1.38. The molecule has 2 rings (SSSR count). The number of nitrogen functional groups attached to an aromatic ring is 1. The van der Waals surface area contributed by atoms with Crippen LogP contribution in [-0.2, 0) is 6.54 Å². The average molecular weight is 222 g/mol. The minimum Gasteiger partial charge on any atom is -0.396 e. The van der Waals surface area contributed by atoms with Crippen molar-refractivity contribution < 1.29 is 4.79 Å². The number of nitrogens with zero attached hydrogens (tertiary/aromatic N) is 3. The van der Waals surface area contributed by atoms with Gasteiger partial charge in [0.05, 0.1) is 23.3 Å². The van der Waals surface area contributed by atoms with Gasteiger partial charge in [-0.1, -0.05) is 0 Å². The summed E-state index contributed by atoms with van der Waals surface area (Å²) in [5.41, 5.74) is 6.15. The summed E-state index contributed by atoms with van der Waals surface area (Å²) in [5, 5.41) is 4.89. The van der Waals surface area contributed by atoms with Crippen LogP contribution in [0.5, 0.6) is 0 Å². The minimum absolute atomic E-state index is 0.0405. The fourth-order valence-corrected chi connectivity index (χ4v) is 1.96. The highest BCUT2D eigenvalue weighted by Gasteiger charge is 2.06. The zero-order valence-electron chi connectivity index (χ0n) is 8.17. The molecule has 0 aliphatic rings. The smallest absolute Gasteiger partial charge is 0.171 e. The van der Waals surface area contributed by atoms with Crippen LogP contribution in [0.3, 0.4) is 0 Å². The molecule has 2 aromatic heterocycles. The molecule has 0 unspecified atom stereocenters. The van der Waals surface area contributed by atoms with Crippen LogP contribution in [0, 0.1) is 0 Å². The molecule has 0 bridgehead atoms. The highest BCUT2D eigenvalue weighted by Crippen LogP contribution is 2.14. The monoisotopic (exact) mass is 222 g/mol. The zero-order valence-corrected chi connectivity index (χ0v) is 8.99. The number of carbonyl (C=O) groups excluding carboxylic acids is 1. The molecule has 2 N–H and O–H groups in total. The molecule has 78 valence electrons. The number of nitrogens with two attached hydrogens (primary N) is 1. The number of thiazole rings is 1. The van der Waals surface area contributed by atoms with Gasteiger partial charge in [-0.3, -0.25) is 9.48 Å². The van der Waals surface area contributed by atoms with Crippen molar-refractivity contribution in [3.8, 4) is 0 Å². The molecule has 0 aromatic carbocycles.